The maximum atomic E-state index is 12.8. The summed E-state index contributed by atoms with van der Waals surface area (Å²) in [5.74, 6) is -2.31. The number of fused-ring (bicyclic) bond motifs is 3. The van der Waals surface area contributed by atoms with E-state index in [-0.39, 0.29) is 12.5 Å². The number of hydrogen-bond donors (Lipinski definition) is 4. The standard InChI is InChI=1S/C26H24N2O6/c29-14-22(25(31)32)27-24(30)23(16-8-2-1-3-9-16)28-26(33)34-15-21-19-12-6-4-10-17(19)18-11-5-7-13-20(18)21/h1-13,21-23,29H,14-15H2,(H,27,30)(H,28,33)(H,31,32)/t22-,23-/m1/s1. The summed E-state index contributed by atoms with van der Waals surface area (Å²) >= 11 is 0. The van der Waals surface area contributed by atoms with Gasteiger partial charge < -0.3 is 25.6 Å². The van der Waals surface area contributed by atoms with Crippen molar-refractivity contribution in [3.8, 4) is 11.1 Å². The summed E-state index contributed by atoms with van der Waals surface area (Å²) in [7, 11) is 0. The first-order valence-electron chi connectivity index (χ1n) is 10.8. The molecular weight excluding hydrogens is 436 g/mol. The minimum absolute atomic E-state index is 0.0668. The maximum Gasteiger partial charge on any atom is 0.408 e. The molecule has 0 aromatic heterocycles. The van der Waals surface area contributed by atoms with Gasteiger partial charge in [0.2, 0.25) is 5.91 Å². The highest BCUT2D eigenvalue weighted by molar-refractivity contribution is 5.90. The molecule has 2 atom stereocenters. The van der Waals surface area contributed by atoms with Crippen LogP contribution in [-0.4, -0.2) is 47.4 Å². The van der Waals surface area contributed by atoms with Crippen LogP contribution in [0.5, 0.6) is 0 Å². The van der Waals surface area contributed by atoms with Crippen molar-refractivity contribution in [1.82, 2.24) is 10.6 Å². The molecular formula is C26H24N2O6. The predicted octanol–water partition coefficient (Wildman–Crippen LogP) is 2.83. The second-order valence-corrected chi connectivity index (χ2v) is 7.90. The zero-order valence-corrected chi connectivity index (χ0v) is 18.2. The highest BCUT2D eigenvalue weighted by Crippen LogP contribution is 2.44. The smallest absolute Gasteiger partial charge is 0.408 e. The van der Waals surface area contributed by atoms with E-state index in [0.717, 1.165) is 22.3 Å². The van der Waals surface area contributed by atoms with Gasteiger partial charge in [0.1, 0.15) is 18.7 Å². The number of carboxylic acids is 1. The van der Waals surface area contributed by atoms with Crippen molar-refractivity contribution in [2.45, 2.75) is 18.0 Å². The topological polar surface area (TPSA) is 125 Å². The summed E-state index contributed by atoms with van der Waals surface area (Å²) in [6.45, 7) is -0.717. The first-order valence-corrected chi connectivity index (χ1v) is 10.8. The minimum Gasteiger partial charge on any atom is -0.480 e. The Morgan fingerprint density at radius 3 is 1.94 bits per heavy atom. The molecule has 4 N–H and O–H groups in total. The largest absolute Gasteiger partial charge is 0.480 e. The van der Waals surface area contributed by atoms with Crippen LogP contribution < -0.4 is 10.6 Å². The monoisotopic (exact) mass is 460 g/mol. The average molecular weight is 460 g/mol. The lowest BCUT2D eigenvalue weighted by Crippen LogP contribution is -2.49. The third-order valence-corrected chi connectivity index (χ3v) is 5.80. The molecule has 8 heteroatoms. The molecule has 34 heavy (non-hydrogen) atoms. The number of alkyl carbamates (subject to hydrolysis) is 1. The van der Waals surface area contributed by atoms with E-state index < -0.39 is 36.7 Å². The maximum absolute atomic E-state index is 12.8. The highest BCUT2D eigenvalue weighted by atomic mass is 16.5. The molecule has 0 bridgehead atoms. The molecule has 174 valence electrons. The number of aliphatic hydroxyl groups excluding tert-OH is 1. The number of aliphatic carboxylic acids is 1. The predicted molar refractivity (Wildman–Crippen MR) is 124 cm³/mol. The van der Waals surface area contributed by atoms with E-state index in [1.165, 1.54) is 0 Å². The van der Waals surface area contributed by atoms with Crippen molar-refractivity contribution in [1.29, 1.82) is 0 Å². The fraction of sp³-hybridized carbons (Fsp3) is 0.192. The Morgan fingerprint density at radius 2 is 1.38 bits per heavy atom. The summed E-state index contributed by atoms with van der Waals surface area (Å²) in [6.07, 6.45) is -0.818. The van der Waals surface area contributed by atoms with E-state index >= 15 is 0 Å². The second-order valence-electron chi connectivity index (χ2n) is 7.90. The van der Waals surface area contributed by atoms with Crippen LogP contribution in [0.15, 0.2) is 78.9 Å². The number of benzene rings is 3. The molecule has 0 saturated heterocycles. The molecule has 2 amide bonds. The van der Waals surface area contributed by atoms with E-state index in [4.69, 9.17) is 9.84 Å². The van der Waals surface area contributed by atoms with Crippen LogP contribution in [0.3, 0.4) is 0 Å². The Morgan fingerprint density at radius 1 is 0.824 bits per heavy atom. The van der Waals surface area contributed by atoms with Gasteiger partial charge in [-0.2, -0.15) is 0 Å². The summed E-state index contributed by atoms with van der Waals surface area (Å²) in [6, 6.07) is 21.6. The number of aliphatic hydroxyl groups is 1. The van der Waals surface area contributed by atoms with Gasteiger partial charge in [-0.3, -0.25) is 4.79 Å². The van der Waals surface area contributed by atoms with Gasteiger partial charge in [0.15, 0.2) is 0 Å². The van der Waals surface area contributed by atoms with Crippen LogP contribution in [-0.2, 0) is 14.3 Å². The van der Waals surface area contributed by atoms with Crippen molar-refractivity contribution in [2.75, 3.05) is 13.2 Å². The van der Waals surface area contributed by atoms with Gasteiger partial charge in [-0.1, -0.05) is 78.9 Å². The summed E-state index contributed by atoms with van der Waals surface area (Å²) in [5.41, 5.74) is 4.74. The summed E-state index contributed by atoms with van der Waals surface area (Å²) in [5, 5.41) is 23.1. The third kappa shape index (κ3) is 4.77. The van der Waals surface area contributed by atoms with Gasteiger partial charge >= 0.3 is 12.1 Å². The first kappa shape index (κ1) is 23.0. The molecule has 0 aliphatic heterocycles. The van der Waals surface area contributed by atoms with Gasteiger partial charge in [-0.15, -0.1) is 0 Å². The number of carbonyl (C=O) groups is 3. The van der Waals surface area contributed by atoms with Gasteiger partial charge in [0, 0.05) is 5.92 Å². The van der Waals surface area contributed by atoms with Crippen LogP contribution in [0.1, 0.15) is 28.7 Å². The lowest BCUT2D eigenvalue weighted by atomic mass is 9.98. The van der Waals surface area contributed by atoms with Crippen LogP contribution in [0, 0.1) is 0 Å². The molecule has 8 nitrogen and oxygen atoms in total. The van der Waals surface area contributed by atoms with Crippen molar-refractivity contribution in [2.24, 2.45) is 0 Å². The van der Waals surface area contributed by atoms with Crippen molar-refractivity contribution < 1.29 is 29.3 Å². The lowest BCUT2D eigenvalue weighted by Gasteiger charge is -2.21. The third-order valence-electron chi connectivity index (χ3n) is 5.80. The van der Waals surface area contributed by atoms with E-state index in [2.05, 4.69) is 10.6 Å². The minimum atomic E-state index is -1.50. The van der Waals surface area contributed by atoms with Gasteiger partial charge in [-0.25, -0.2) is 9.59 Å². The zero-order chi connectivity index (χ0) is 24.1. The second kappa shape index (κ2) is 10.2. The molecule has 1 aliphatic rings. The first-order chi connectivity index (χ1) is 16.5. The normalized spacial score (nSPS) is 13.8. The molecule has 0 unspecified atom stereocenters. The van der Waals surface area contributed by atoms with Crippen LogP contribution in [0.2, 0.25) is 0 Å². The van der Waals surface area contributed by atoms with Crippen LogP contribution in [0.25, 0.3) is 11.1 Å². The number of amides is 2. The number of hydrogen-bond acceptors (Lipinski definition) is 5. The number of carboxylic acid groups (broad SMARTS) is 1. The lowest BCUT2D eigenvalue weighted by molar-refractivity contribution is -0.143. The van der Waals surface area contributed by atoms with Gasteiger partial charge in [0.05, 0.1) is 6.61 Å². The van der Waals surface area contributed by atoms with Crippen molar-refractivity contribution >= 4 is 18.0 Å². The van der Waals surface area contributed by atoms with Crippen molar-refractivity contribution in [3.63, 3.8) is 0 Å². The van der Waals surface area contributed by atoms with Crippen molar-refractivity contribution in [3.05, 3.63) is 95.6 Å². The number of rotatable bonds is 8. The number of nitrogens with one attached hydrogen (secondary N) is 2. The Kier molecular flexibility index (Phi) is 6.89. The quantitative estimate of drug-likeness (QED) is 0.410. The summed E-state index contributed by atoms with van der Waals surface area (Å²) < 4.78 is 5.52. The SMILES string of the molecule is O=C(N[C@@H](C(=O)N[C@H](CO)C(=O)O)c1ccccc1)OCC1c2ccccc2-c2ccccc21. The average Bonchev–Trinajstić information content (AvgIpc) is 3.18. The molecule has 0 radical (unpaired) electrons. The molecule has 0 spiro atoms. The van der Waals surface area contributed by atoms with Crippen LogP contribution >= 0.6 is 0 Å². The van der Waals surface area contributed by atoms with E-state index in [9.17, 15) is 19.5 Å². The Balaban J connectivity index is 1.48. The van der Waals surface area contributed by atoms with Gasteiger partial charge in [-0.05, 0) is 27.8 Å². The van der Waals surface area contributed by atoms with Crippen LogP contribution in [0.4, 0.5) is 4.79 Å². The highest BCUT2D eigenvalue weighted by Gasteiger charge is 2.31. The molecule has 0 fully saturated rings. The molecule has 3 aromatic carbocycles. The van der Waals surface area contributed by atoms with Gasteiger partial charge in [0.25, 0.3) is 0 Å². The Bertz CT molecular complexity index is 1150. The fourth-order valence-corrected chi connectivity index (χ4v) is 4.14. The number of carbonyl (C=O) groups excluding carboxylic acids is 2. The summed E-state index contributed by atoms with van der Waals surface area (Å²) in [4.78, 5) is 36.7. The van der Waals surface area contributed by atoms with E-state index in [0.29, 0.717) is 5.56 Å². The Labute approximate surface area is 196 Å². The molecule has 4 rings (SSSR count). The number of ether oxygens (including phenoxy) is 1. The fourth-order valence-electron chi connectivity index (χ4n) is 4.14. The zero-order valence-electron chi connectivity index (χ0n) is 18.2. The molecule has 0 heterocycles. The molecule has 0 saturated carbocycles. The van der Waals surface area contributed by atoms with E-state index in [1.807, 2.05) is 48.5 Å². The van der Waals surface area contributed by atoms with E-state index in [1.54, 1.807) is 30.3 Å². The molecule has 1 aliphatic carbocycles. The Hall–Kier alpha value is -4.17. The molecule has 3 aromatic rings.